The Morgan fingerprint density at radius 3 is 2.88 bits per heavy atom. The number of hydrogen-bond donors (Lipinski definition) is 2. The zero-order chi connectivity index (χ0) is 11.5. The molecule has 2 aromatic rings. The van der Waals surface area contributed by atoms with Crippen molar-refractivity contribution in [1.82, 2.24) is 14.2 Å². The molecule has 0 aliphatic rings. The highest BCUT2D eigenvalue weighted by Crippen LogP contribution is 2.16. The number of nitrogens with zero attached hydrogens (tertiary/aromatic N) is 3. The second kappa shape index (κ2) is 4.30. The fourth-order valence-corrected chi connectivity index (χ4v) is 1.78. The van der Waals surface area contributed by atoms with Crippen LogP contribution in [0.1, 0.15) is 25.1 Å². The maximum absolute atomic E-state index is 5.76. The fraction of sp³-hybridized carbons (Fsp3) is 0.364. The summed E-state index contributed by atoms with van der Waals surface area (Å²) in [6.45, 7) is 2.16. The molecule has 2 rings (SSSR count). The van der Waals surface area contributed by atoms with Gasteiger partial charge in [-0.3, -0.25) is 4.68 Å². The molecule has 0 aromatic carbocycles. The van der Waals surface area contributed by atoms with Crippen LogP contribution in [0.3, 0.4) is 0 Å². The molecule has 2 heterocycles. The Kier molecular flexibility index (Phi) is 2.85. The molecule has 0 aliphatic carbocycles. The van der Waals surface area contributed by atoms with Crippen molar-refractivity contribution in [1.29, 1.82) is 0 Å². The van der Waals surface area contributed by atoms with Crippen LogP contribution in [0.2, 0.25) is 0 Å². The van der Waals surface area contributed by atoms with Crippen LogP contribution in [-0.2, 0) is 6.42 Å². The maximum atomic E-state index is 5.76. The molecule has 0 amide bonds. The molecule has 0 saturated heterocycles. The summed E-state index contributed by atoms with van der Waals surface area (Å²) >= 11 is 0. The van der Waals surface area contributed by atoms with Gasteiger partial charge in [-0.1, -0.05) is 0 Å². The number of rotatable bonds is 4. The Balaban J connectivity index is 1.95. The lowest BCUT2D eigenvalue weighted by Gasteiger charge is -2.12. The molecule has 86 valence electrons. The van der Waals surface area contributed by atoms with Crippen molar-refractivity contribution in [2.24, 2.45) is 0 Å². The van der Waals surface area contributed by atoms with Gasteiger partial charge in [0.05, 0.1) is 12.0 Å². The number of hydrogen-bond acceptors (Lipinski definition) is 3. The van der Waals surface area contributed by atoms with Gasteiger partial charge in [0, 0.05) is 30.3 Å². The quantitative estimate of drug-likeness (QED) is 0.758. The third-order valence-corrected chi connectivity index (χ3v) is 2.81. The van der Waals surface area contributed by atoms with Crippen LogP contribution in [0.25, 0.3) is 0 Å². The molecule has 2 aromatic heterocycles. The van der Waals surface area contributed by atoms with E-state index in [0.29, 0.717) is 11.7 Å². The van der Waals surface area contributed by atoms with E-state index in [2.05, 4.69) is 16.5 Å². The summed E-state index contributed by atoms with van der Waals surface area (Å²) in [5.41, 5.74) is 7.44. The smallest absolute Gasteiger partial charge is 0.0948 e. The second-order valence-electron chi connectivity index (χ2n) is 4.07. The van der Waals surface area contributed by atoms with Crippen LogP contribution in [0.15, 0.2) is 31.0 Å². The molecule has 5 nitrogen and oxygen atoms in total. The maximum Gasteiger partial charge on any atom is 0.0948 e. The molecule has 5 heteroatoms. The molecule has 0 bridgehead atoms. The summed E-state index contributed by atoms with van der Waals surface area (Å²) in [4.78, 5) is 4.03. The summed E-state index contributed by atoms with van der Waals surface area (Å²) in [6, 6.07) is 2.33. The molecule has 4 N–H and O–H groups in total. The Labute approximate surface area is 94.7 Å². The molecule has 1 atom stereocenters. The van der Waals surface area contributed by atoms with Gasteiger partial charge in [0.25, 0.3) is 0 Å². The SMILES string of the molecule is CC(CCc1cc(N)cn1N)n1ccnc1. The van der Waals surface area contributed by atoms with E-state index in [1.165, 1.54) is 0 Å². The van der Waals surface area contributed by atoms with Gasteiger partial charge in [-0.05, 0) is 25.8 Å². The molecule has 0 saturated carbocycles. The average Bonchev–Trinajstić information content (AvgIpc) is 2.84. The van der Waals surface area contributed by atoms with Crippen molar-refractivity contribution in [2.75, 3.05) is 11.6 Å². The van der Waals surface area contributed by atoms with Crippen LogP contribution < -0.4 is 11.6 Å². The number of nitrogens with two attached hydrogens (primary N) is 2. The first kappa shape index (κ1) is 10.6. The van der Waals surface area contributed by atoms with Crippen molar-refractivity contribution < 1.29 is 0 Å². The van der Waals surface area contributed by atoms with Crippen LogP contribution in [0.5, 0.6) is 0 Å². The standard InChI is InChI=1S/C11H17N5/c1-9(15-5-4-14-8-15)2-3-11-6-10(12)7-16(11)13/h4-9H,2-3,12-13H2,1H3. The average molecular weight is 219 g/mol. The van der Waals surface area contributed by atoms with Crippen molar-refractivity contribution in [3.63, 3.8) is 0 Å². The molecule has 0 spiro atoms. The number of imidazole rings is 1. The normalized spacial score (nSPS) is 12.8. The number of aromatic nitrogens is 3. The Bertz CT molecular complexity index is 443. The van der Waals surface area contributed by atoms with E-state index in [1.54, 1.807) is 17.1 Å². The minimum Gasteiger partial charge on any atom is -0.397 e. The molecule has 0 radical (unpaired) electrons. The van der Waals surface area contributed by atoms with Gasteiger partial charge in [-0.15, -0.1) is 0 Å². The second-order valence-corrected chi connectivity index (χ2v) is 4.07. The largest absolute Gasteiger partial charge is 0.397 e. The lowest BCUT2D eigenvalue weighted by Crippen LogP contribution is -2.12. The highest BCUT2D eigenvalue weighted by Gasteiger charge is 2.07. The van der Waals surface area contributed by atoms with Crippen molar-refractivity contribution in [3.8, 4) is 0 Å². The van der Waals surface area contributed by atoms with Crippen LogP contribution >= 0.6 is 0 Å². The first-order valence-corrected chi connectivity index (χ1v) is 5.36. The molecule has 1 unspecified atom stereocenters. The predicted molar refractivity (Wildman–Crippen MR) is 64.3 cm³/mol. The summed E-state index contributed by atoms with van der Waals surface area (Å²) in [6.07, 6.45) is 9.25. The highest BCUT2D eigenvalue weighted by molar-refractivity contribution is 5.38. The minimum atomic E-state index is 0.415. The van der Waals surface area contributed by atoms with Gasteiger partial charge >= 0.3 is 0 Å². The Hall–Kier alpha value is -1.91. The van der Waals surface area contributed by atoms with E-state index < -0.39 is 0 Å². The lowest BCUT2D eigenvalue weighted by molar-refractivity contribution is 0.501. The van der Waals surface area contributed by atoms with Gasteiger partial charge in [-0.25, -0.2) is 4.98 Å². The van der Waals surface area contributed by atoms with Gasteiger partial charge in [0.1, 0.15) is 0 Å². The number of nitrogen functional groups attached to an aromatic ring is 2. The van der Waals surface area contributed by atoms with E-state index in [4.69, 9.17) is 11.6 Å². The lowest BCUT2D eigenvalue weighted by atomic mass is 10.1. The summed E-state index contributed by atoms with van der Waals surface area (Å²) < 4.78 is 3.68. The number of aryl methyl sites for hydroxylation is 1. The molecule has 0 fully saturated rings. The Morgan fingerprint density at radius 1 is 1.50 bits per heavy atom. The number of anilines is 1. The van der Waals surface area contributed by atoms with E-state index >= 15 is 0 Å². The van der Waals surface area contributed by atoms with Crippen molar-refractivity contribution >= 4 is 5.69 Å². The van der Waals surface area contributed by atoms with Crippen LogP contribution in [0.4, 0.5) is 5.69 Å². The summed E-state index contributed by atoms with van der Waals surface area (Å²) in [5.74, 6) is 5.76. The van der Waals surface area contributed by atoms with Gasteiger partial charge < -0.3 is 16.1 Å². The zero-order valence-corrected chi connectivity index (χ0v) is 9.37. The molecule has 16 heavy (non-hydrogen) atoms. The van der Waals surface area contributed by atoms with Crippen LogP contribution in [0, 0.1) is 0 Å². The highest BCUT2D eigenvalue weighted by atomic mass is 15.3. The van der Waals surface area contributed by atoms with E-state index in [9.17, 15) is 0 Å². The zero-order valence-electron chi connectivity index (χ0n) is 9.37. The Morgan fingerprint density at radius 2 is 2.31 bits per heavy atom. The molecular weight excluding hydrogens is 202 g/mol. The predicted octanol–water partition coefficient (Wildman–Crippen LogP) is 1.17. The van der Waals surface area contributed by atoms with Crippen molar-refractivity contribution in [2.45, 2.75) is 25.8 Å². The third kappa shape index (κ3) is 2.18. The fourth-order valence-electron chi connectivity index (χ4n) is 1.78. The van der Waals surface area contributed by atoms with E-state index in [0.717, 1.165) is 18.5 Å². The molecular formula is C11H17N5. The summed E-state index contributed by atoms with van der Waals surface area (Å²) in [7, 11) is 0. The monoisotopic (exact) mass is 219 g/mol. The van der Waals surface area contributed by atoms with Gasteiger partial charge in [0.2, 0.25) is 0 Å². The van der Waals surface area contributed by atoms with Gasteiger partial charge in [-0.2, -0.15) is 0 Å². The first-order valence-electron chi connectivity index (χ1n) is 5.36. The molecule has 0 aliphatic heterocycles. The third-order valence-electron chi connectivity index (χ3n) is 2.81. The minimum absolute atomic E-state index is 0.415. The van der Waals surface area contributed by atoms with E-state index in [1.807, 2.05) is 18.6 Å². The first-order chi connectivity index (χ1) is 7.66. The van der Waals surface area contributed by atoms with Gasteiger partial charge in [0.15, 0.2) is 0 Å². The van der Waals surface area contributed by atoms with Crippen LogP contribution in [-0.4, -0.2) is 14.2 Å². The van der Waals surface area contributed by atoms with E-state index in [-0.39, 0.29) is 0 Å². The summed E-state index contributed by atoms with van der Waals surface area (Å²) in [5, 5.41) is 0. The topological polar surface area (TPSA) is 74.8 Å². The van der Waals surface area contributed by atoms with Crippen molar-refractivity contribution in [3.05, 3.63) is 36.7 Å².